The first kappa shape index (κ1) is 31.1. The molecule has 3 aromatic carbocycles. The summed E-state index contributed by atoms with van der Waals surface area (Å²) in [5.41, 5.74) is 4.17. The molecular weight excluding hydrogens is 520 g/mol. The summed E-state index contributed by atoms with van der Waals surface area (Å²) < 4.78 is 4.69. The smallest absolute Gasteiger partial charge is 0.337 e. The lowest BCUT2D eigenvalue weighted by Gasteiger charge is -2.23. The second-order valence-corrected chi connectivity index (χ2v) is 10.5. The van der Waals surface area contributed by atoms with Crippen LogP contribution < -0.4 is 10.6 Å². The van der Waals surface area contributed by atoms with E-state index in [1.54, 1.807) is 12.1 Å². The van der Waals surface area contributed by atoms with E-state index in [9.17, 15) is 24.3 Å². The van der Waals surface area contributed by atoms with Crippen LogP contribution in [0.3, 0.4) is 0 Å². The molecule has 2 amide bonds. The molecule has 0 saturated carbocycles. The van der Waals surface area contributed by atoms with Gasteiger partial charge in [-0.1, -0.05) is 68.4 Å². The number of carbonyl (C=O) groups excluding carboxylic acids is 3. The number of methoxy groups -OCH3 is 1. The molecule has 3 aromatic rings. The normalized spacial score (nSPS) is 12.3. The zero-order chi connectivity index (χ0) is 29.8. The predicted octanol–water partition coefficient (Wildman–Crippen LogP) is 5.72. The predicted molar refractivity (Wildman–Crippen MR) is 158 cm³/mol. The third kappa shape index (κ3) is 9.90. The van der Waals surface area contributed by atoms with E-state index in [0.29, 0.717) is 36.9 Å². The van der Waals surface area contributed by atoms with Gasteiger partial charge in [-0.05, 0) is 72.6 Å². The highest BCUT2D eigenvalue weighted by Crippen LogP contribution is 2.21. The molecule has 0 bridgehead atoms. The lowest BCUT2D eigenvalue weighted by molar-refractivity contribution is -0.141. The Morgan fingerprint density at radius 3 is 2.05 bits per heavy atom. The monoisotopic (exact) mass is 558 g/mol. The van der Waals surface area contributed by atoms with Crippen molar-refractivity contribution >= 4 is 29.4 Å². The maximum atomic E-state index is 13.2. The number of carbonyl (C=O) groups is 4. The summed E-state index contributed by atoms with van der Waals surface area (Å²) in [5, 5.41) is 15.0. The Balaban J connectivity index is 1.61. The van der Waals surface area contributed by atoms with Gasteiger partial charge in [0.2, 0.25) is 11.8 Å². The molecule has 0 saturated heterocycles. The number of rotatable bonds is 14. The lowest BCUT2D eigenvalue weighted by Crippen LogP contribution is -2.47. The Labute approximate surface area is 241 Å². The largest absolute Gasteiger partial charge is 0.481 e. The fraction of sp³-hybridized carbons (Fsp3) is 0.333. The molecule has 216 valence electrons. The Morgan fingerprint density at radius 1 is 0.829 bits per heavy atom. The van der Waals surface area contributed by atoms with Gasteiger partial charge in [0.1, 0.15) is 6.04 Å². The van der Waals surface area contributed by atoms with Gasteiger partial charge in [-0.15, -0.1) is 0 Å². The first-order valence-corrected chi connectivity index (χ1v) is 13.8. The Bertz CT molecular complexity index is 1300. The van der Waals surface area contributed by atoms with Gasteiger partial charge in [0.05, 0.1) is 19.1 Å². The lowest BCUT2D eigenvalue weighted by atomic mass is 9.94. The molecule has 0 aliphatic rings. The second kappa shape index (κ2) is 15.4. The van der Waals surface area contributed by atoms with Gasteiger partial charge in [-0.3, -0.25) is 14.4 Å². The number of benzene rings is 3. The number of nitrogens with one attached hydrogen (secondary N) is 2. The fourth-order valence-corrected chi connectivity index (χ4v) is 4.61. The van der Waals surface area contributed by atoms with E-state index < -0.39 is 35.7 Å². The zero-order valence-corrected chi connectivity index (χ0v) is 23.8. The number of aliphatic carboxylic acids is 1. The molecule has 0 aliphatic heterocycles. The molecule has 0 radical (unpaired) electrons. The van der Waals surface area contributed by atoms with Crippen molar-refractivity contribution in [2.24, 2.45) is 11.8 Å². The topological polar surface area (TPSA) is 122 Å². The zero-order valence-electron chi connectivity index (χ0n) is 23.8. The molecule has 2 atom stereocenters. The van der Waals surface area contributed by atoms with Gasteiger partial charge in [0, 0.05) is 11.6 Å². The highest BCUT2D eigenvalue weighted by molar-refractivity contribution is 5.98. The van der Waals surface area contributed by atoms with Crippen LogP contribution in [0.1, 0.15) is 55.5 Å². The van der Waals surface area contributed by atoms with E-state index in [0.717, 1.165) is 16.7 Å². The number of carboxylic acids is 1. The number of ether oxygens (including phenoxy) is 1. The Morgan fingerprint density at radius 2 is 1.46 bits per heavy atom. The Hall–Kier alpha value is -4.46. The Kier molecular flexibility index (Phi) is 11.6. The van der Waals surface area contributed by atoms with Crippen molar-refractivity contribution in [2.45, 2.75) is 52.0 Å². The molecule has 0 heterocycles. The molecule has 41 heavy (non-hydrogen) atoms. The number of carboxylic acid groups (broad SMARTS) is 1. The van der Waals surface area contributed by atoms with Crippen molar-refractivity contribution < 1.29 is 29.0 Å². The van der Waals surface area contributed by atoms with Gasteiger partial charge in [0.15, 0.2) is 0 Å². The van der Waals surface area contributed by atoms with E-state index in [2.05, 4.69) is 47.0 Å². The van der Waals surface area contributed by atoms with E-state index in [1.165, 1.54) is 19.2 Å². The average molecular weight is 559 g/mol. The average Bonchev–Trinajstić information content (AvgIpc) is 2.96. The van der Waals surface area contributed by atoms with Crippen LogP contribution in [0, 0.1) is 11.8 Å². The first-order valence-electron chi connectivity index (χ1n) is 13.8. The van der Waals surface area contributed by atoms with Crippen LogP contribution in [0.5, 0.6) is 0 Å². The van der Waals surface area contributed by atoms with Crippen LogP contribution >= 0.6 is 0 Å². The number of amides is 2. The summed E-state index contributed by atoms with van der Waals surface area (Å²) in [4.78, 5) is 49.5. The highest BCUT2D eigenvalue weighted by Gasteiger charge is 2.28. The van der Waals surface area contributed by atoms with Crippen LogP contribution in [0.25, 0.3) is 11.1 Å². The first-order chi connectivity index (χ1) is 19.7. The number of aryl methyl sites for hydroxylation is 1. The van der Waals surface area contributed by atoms with Crippen molar-refractivity contribution in [3.8, 4) is 11.1 Å². The van der Waals surface area contributed by atoms with Crippen molar-refractivity contribution in [3.05, 3.63) is 90.0 Å². The fourth-order valence-electron chi connectivity index (χ4n) is 4.61. The quantitative estimate of drug-likeness (QED) is 0.218. The minimum atomic E-state index is -1.06. The van der Waals surface area contributed by atoms with Gasteiger partial charge in [-0.2, -0.15) is 0 Å². The van der Waals surface area contributed by atoms with E-state index in [4.69, 9.17) is 4.74 Å². The summed E-state index contributed by atoms with van der Waals surface area (Å²) in [5.74, 6) is -3.07. The molecule has 0 aromatic heterocycles. The minimum Gasteiger partial charge on any atom is -0.481 e. The maximum Gasteiger partial charge on any atom is 0.337 e. The van der Waals surface area contributed by atoms with Crippen LogP contribution in [0.4, 0.5) is 5.69 Å². The molecule has 3 rings (SSSR count). The standard InChI is InChI=1S/C33H38N2O6/c1-22(2)20-29(32(39)34-28-18-16-26(17-19-28)33(40)41-3)35-31(38)27(21-30(36)37)11-7-8-23-12-14-25(15-13-23)24-9-5-4-6-10-24/h4-6,9-10,12-19,22,27,29H,7-8,11,20-21H2,1-3H3,(H,34,39)(H,35,38)(H,36,37)/t27-,29+/m1/s1. The number of anilines is 1. The number of hydrogen-bond donors (Lipinski definition) is 3. The van der Waals surface area contributed by atoms with Gasteiger partial charge in [-0.25, -0.2) is 4.79 Å². The van der Waals surface area contributed by atoms with Gasteiger partial charge >= 0.3 is 11.9 Å². The summed E-state index contributed by atoms with van der Waals surface area (Å²) in [6.07, 6.45) is 1.78. The van der Waals surface area contributed by atoms with Crippen molar-refractivity contribution in [3.63, 3.8) is 0 Å². The van der Waals surface area contributed by atoms with E-state index >= 15 is 0 Å². The van der Waals surface area contributed by atoms with Crippen LogP contribution in [-0.2, 0) is 25.5 Å². The highest BCUT2D eigenvalue weighted by atomic mass is 16.5. The second-order valence-electron chi connectivity index (χ2n) is 10.5. The van der Waals surface area contributed by atoms with Crippen molar-refractivity contribution in [1.29, 1.82) is 0 Å². The summed E-state index contributed by atoms with van der Waals surface area (Å²) >= 11 is 0. The van der Waals surface area contributed by atoms with E-state index in [-0.39, 0.29) is 12.3 Å². The molecule has 0 aliphatic carbocycles. The summed E-state index contributed by atoms with van der Waals surface area (Å²) in [6, 6.07) is 23.7. The van der Waals surface area contributed by atoms with Crippen molar-refractivity contribution in [2.75, 3.05) is 12.4 Å². The molecule has 0 fully saturated rings. The third-order valence-corrected chi connectivity index (χ3v) is 6.78. The van der Waals surface area contributed by atoms with Crippen LogP contribution in [-0.4, -0.2) is 42.0 Å². The molecule has 0 unspecified atom stereocenters. The molecule has 3 N–H and O–H groups in total. The maximum absolute atomic E-state index is 13.2. The molecule has 8 nitrogen and oxygen atoms in total. The third-order valence-electron chi connectivity index (χ3n) is 6.78. The minimum absolute atomic E-state index is 0.101. The number of esters is 1. The SMILES string of the molecule is COC(=O)c1ccc(NC(=O)[C@H](CC(C)C)NC(=O)[C@H](CCCc2ccc(-c3ccccc3)cc2)CC(=O)O)cc1. The summed E-state index contributed by atoms with van der Waals surface area (Å²) in [7, 11) is 1.29. The van der Waals surface area contributed by atoms with Crippen molar-refractivity contribution in [1.82, 2.24) is 5.32 Å². The molecule has 8 heteroatoms. The molecule has 0 spiro atoms. The van der Waals surface area contributed by atoms with Gasteiger partial charge < -0.3 is 20.5 Å². The van der Waals surface area contributed by atoms with Gasteiger partial charge in [0.25, 0.3) is 0 Å². The number of hydrogen-bond acceptors (Lipinski definition) is 5. The van der Waals surface area contributed by atoms with E-state index in [1.807, 2.05) is 32.0 Å². The molecular formula is C33H38N2O6. The van der Waals surface area contributed by atoms with Crippen LogP contribution in [0.2, 0.25) is 0 Å². The summed E-state index contributed by atoms with van der Waals surface area (Å²) in [6.45, 7) is 3.88. The van der Waals surface area contributed by atoms with Crippen LogP contribution in [0.15, 0.2) is 78.9 Å².